The molecule has 0 fully saturated rings. The molecule has 0 heterocycles. The number of rotatable bonds is 6. The van der Waals surface area contributed by atoms with Crippen LogP contribution < -0.4 is 4.90 Å². The third kappa shape index (κ3) is 3.88. The lowest BCUT2D eigenvalue weighted by Gasteiger charge is -2.32. The summed E-state index contributed by atoms with van der Waals surface area (Å²) in [7, 11) is 3.51. The summed E-state index contributed by atoms with van der Waals surface area (Å²) in [5.41, 5.74) is 2.33. The summed E-state index contributed by atoms with van der Waals surface area (Å²) in [5, 5.41) is 0. The van der Waals surface area contributed by atoms with Crippen molar-refractivity contribution in [3.63, 3.8) is 0 Å². The van der Waals surface area contributed by atoms with Crippen LogP contribution in [0.3, 0.4) is 0 Å². The van der Waals surface area contributed by atoms with Gasteiger partial charge in [-0.25, -0.2) is 0 Å². The van der Waals surface area contributed by atoms with Crippen LogP contribution in [0.1, 0.15) is 24.9 Å². The summed E-state index contributed by atoms with van der Waals surface area (Å²) in [4.78, 5) is 14.0. The normalized spacial score (nSPS) is 13.2. The number of methoxy groups -OCH3 is 1. The van der Waals surface area contributed by atoms with Gasteiger partial charge in [0.15, 0.2) is 0 Å². The van der Waals surface area contributed by atoms with E-state index in [0.29, 0.717) is 6.42 Å². The van der Waals surface area contributed by atoms with Crippen LogP contribution in [-0.2, 0) is 9.53 Å². The number of hydrogen-bond donors (Lipinski definition) is 0. The van der Waals surface area contributed by atoms with Gasteiger partial charge in [-0.2, -0.15) is 0 Å². The van der Waals surface area contributed by atoms with E-state index in [9.17, 15) is 4.79 Å². The second-order valence-corrected chi connectivity index (χ2v) is 5.53. The standard InChI is InChI=1S/C19H23NO2/c1-15(19(21)22-3)14-18(16-10-6-4-7-11-16)20(2)17-12-8-5-9-13-17/h4-13,15,18H,14H2,1-3H3/t15-,18+/m1/s1. The molecule has 2 aromatic carbocycles. The molecule has 0 saturated carbocycles. The number of nitrogens with zero attached hydrogens (tertiary/aromatic N) is 1. The van der Waals surface area contributed by atoms with Crippen molar-refractivity contribution in [3.05, 3.63) is 66.2 Å². The van der Waals surface area contributed by atoms with E-state index in [4.69, 9.17) is 4.74 Å². The summed E-state index contributed by atoms with van der Waals surface area (Å²) < 4.78 is 4.88. The Morgan fingerprint density at radius 1 is 1.05 bits per heavy atom. The van der Waals surface area contributed by atoms with Crippen LogP contribution in [0.15, 0.2) is 60.7 Å². The molecule has 22 heavy (non-hydrogen) atoms. The van der Waals surface area contributed by atoms with Gasteiger partial charge in [0, 0.05) is 12.7 Å². The Kier molecular flexibility index (Phi) is 5.59. The quantitative estimate of drug-likeness (QED) is 0.753. The molecule has 2 rings (SSSR count). The highest BCUT2D eigenvalue weighted by atomic mass is 16.5. The number of anilines is 1. The number of ether oxygens (including phenoxy) is 1. The molecule has 0 saturated heterocycles. The zero-order valence-electron chi connectivity index (χ0n) is 13.4. The van der Waals surface area contributed by atoms with Crippen molar-refractivity contribution in [2.75, 3.05) is 19.1 Å². The van der Waals surface area contributed by atoms with Crippen molar-refractivity contribution < 1.29 is 9.53 Å². The number of benzene rings is 2. The van der Waals surface area contributed by atoms with E-state index >= 15 is 0 Å². The zero-order chi connectivity index (χ0) is 15.9. The second kappa shape index (κ2) is 7.64. The van der Waals surface area contributed by atoms with Crippen LogP contribution in [0.2, 0.25) is 0 Å². The van der Waals surface area contributed by atoms with Crippen molar-refractivity contribution in [1.82, 2.24) is 0 Å². The van der Waals surface area contributed by atoms with E-state index in [1.807, 2.05) is 43.3 Å². The fraction of sp³-hybridized carbons (Fsp3) is 0.316. The Bertz CT molecular complexity index is 583. The average molecular weight is 297 g/mol. The number of carbonyl (C=O) groups is 1. The smallest absolute Gasteiger partial charge is 0.308 e. The van der Waals surface area contributed by atoms with Gasteiger partial charge in [0.25, 0.3) is 0 Å². The molecule has 0 bridgehead atoms. The van der Waals surface area contributed by atoms with E-state index < -0.39 is 0 Å². The highest BCUT2D eigenvalue weighted by molar-refractivity contribution is 5.72. The third-order valence-corrected chi connectivity index (χ3v) is 4.00. The molecule has 0 radical (unpaired) electrons. The van der Waals surface area contributed by atoms with E-state index in [0.717, 1.165) is 5.69 Å². The summed E-state index contributed by atoms with van der Waals surface area (Å²) in [6, 6.07) is 20.6. The Morgan fingerprint density at radius 3 is 2.14 bits per heavy atom. The van der Waals surface area contributed by atoms with Crippen molar-refractivity contribution in [3.8, 4) is 0 Å². The topological polar surface area (TPSA) is 29.5 Å². The van der Waals surface area contributed by atoms with E-state index in [1.54, 1.807) is 0 Å². The molecule has 3 heteroatoms. The molecule has 0 unspecified atom stereocenters. The first-order chi connectivity index (χ1) is 10.6. The maximum atomic E-state index is 11.8. The molecule has 0 aliphatic rings. The van der Waals surface area contributed by atoms with Crippen LogP contribution in [0, 0.1) is 5.92 Å². The van der Waals surface area contributed by atoms with Gasteiger partial charge in [-0.3, -0.25) is 4.79 Å². The lowest BCUT2D eigenvalue weighted by atomic mass is 9.94. The summed E-state index contributed by atoms with van der Waals surface area (Å²) in [6.45, 7) is 1.92. The highest BCUT2D eigenvalue weighted by Crippen LogP contribution is 2.31. The number of carbonyl (C=O) groups excluding carboxylic acids is 1. The SMILES string of the molecule is COC(=O)[C@H](C)C[C@@H](c1ccccc1)N(C)c1ccccc1. The highest BCUT2D eigenvalue weighted by Gasteiger charge is 2.24. The first kappa shape index (κ1) is 16.1. The van der Waals surface area contributed by atoms with E-state index in [1.165, 1.54) is 12.7 Å². The molecular formula is C19H23NO2. The van der Waals surface area contributed by atoms with Gasteiger partial charge in [0.1, 0.15) is 0 Å². The van der Waals surface area contributed by atoms with Crippen molar-refractivity contribution in [2.45, 2.75) is 19.4 Å². The minimum atomic E-state index is -0.164. The van der Waals surface area contributed by atoms with Crippen LogP contribution >= 0.6 is 0 Å². The van der Waals surface area contributed by atoms with E-state index in [-0.39, 0.29) is 17.9 Å². The maximum absolute atomic E-state index is 11.8. The molecule has 0 aliphatic heterocycles. The number of para-hydroxylation sites is 1. The predicted octanol–water partition coefficient (Wildman–Crippen LogP) is 4.06. The summed E-state index contributed by atoms with van der Waals surface area (Å²) in [6.07, 6.45) is 0.710. The fourth-order valence-electron chi connectivity index (χ4n) is 2.67. The van der Waals surface area contributed by atoms with E-state index in [2.05, 4.69) is 36.2 Å². The molecule has 0 amide bonds. The van der Waals surface area contributed by atoms with Gasteiger partial charge in [0.2, 0.25) is 0 Å². The molecule has 116 valence electrons. The second-order valence-electron chi connectivity index (χ2n) is 5.53. The van der Waals surface area contributed by atoms with Gasteiger partial charge < -0.3 is 9.64 Å². The van der Waals surface area contributed by atoms with Crippen LogP contribution in [0.4, 0.5) is 5.69 Å². The molecule has 0 spiro atoms. The minimum Gasteiger partial charge on any atom is -0.469 e. The molecule has 0 N–H and O–H groups in total. The predicted molar refractivity (Wildman–Crippen MR) is 89.8 cm³/mol. The van der Waals surface area contributed by atoms with Gasteiger partial charge in [-0.05, 0) is 24.1 Å². The Morgan fingerprint density at radius 2 is 1.59 bits per heavy atom. The summed E-state index contributed by atoms with van der Waals surface area (Å²) in [5.74, 6) is -0.316. The van der Waals surface area contributed by atoms with Crippen molar-refractivity contribution in [1.29, 1.82) is 0 Å². The molecule has 0 aromatic heterocycles. The zero-order valence-corrected chi connectivity index (χ0v) is 13.4. The third-order valence-electron chi connectivity index (χ3n) is 4.00. The lowest BCUT2D eigenvalue weighted by Crippen LogP contribution is -2.28. The molecule has 0 aliphatic carbocycles. The minimum absolute atomic E-state index is 0.123. The fourth-order valence-corrected chi connectivity index (χ4v) is 2.67. The van der Waals surface area contributed by atoms with Gasteiger partial charge in [-0.15, -0.1) is 0 Å². The van der Waals surface area contributed by atoms with Crippen molar-refractivity contribution >= 4 is 11.7 Å². The number of esters is 1. The molecule has 3 nitrogen and oxygen atoms in total. The van der Waals surface area contributed by atoms with Gasteiger partial charge >= 0.3 is 5.97 Å². The van der Waals surface area contributed by atoms with Crippen LogP contribution in [0.25, 0.3) is 0 Å². The monoisotopic (exact) mass is 297 g/mol. The van der Waals surface area contributed by atoms with Crippen LogP contribution in [0.5, 0.6) is 0 Å². The maximum Gasteiger partial charge on any atom is 0.308 e. The first-order valence-electron chi connectivity index (χ1n) is 7.54. The van der Waals surface area contributed by atoms with Gasteiger partial charge in [0.05, 0.1) is 19.1 Å². The largest absolute Gasteiger partial charge is 0.469 e. The van der Waals surface area contributed by atoms with Crippen molar-refractivity contribution in [2.24, 2.45) is 5.92 Å². The Balaban J connectivity index is 2.28. The molecular weight excluding hydrogens is 274 g/mol. The summed E-state index contributed by atoms with van der Waals surface area (Å²) >= 11 is 0. The Labute approximate surface area is 132 Å². The molecule has 2 aromatic rings. The molecule has 2 atom stereocenters. The first-order valence-corrected chi connectivity index (χ1v) is 7.54. The lowest BCUT2D eigenvalue weighted by molar-refractivity contribution is -0.145. The Hall–Kier alpha value is -2.29. The van der Waals surface area contributed by atoms with Gasteiger partial charge in [-0.1, -0.05) is 55.5 Å². The number of hydrogen-bond acceptors (Lipinski definition) is 3. The average Bonchev–Trinajstić information content (AvgIpc) is 2.59. The van der Waals surface area contributed by atoms with Crippen LogP contribution in [-0.4, -0.2) is 20.1 Å².